The summed E-state index contributed by atoms with van der Waals surface area (Å²) in [6.07, 6.45) is 6.55. The number of ether oxygens (including phenoxy) is 1. The molecular formula is C12H20O3S. The van der Waals surface area contributed by atoms with E-state index in [1.54, 1.807) is 0 Å². The standard InChI is InChI=1S/C12H20O3S/c13-12(10-4-1-2-5-10)9-16(14)8-11-6-3-7-15-11/h10-11H,1-9H2. The van der Waals surface area contributed by atoms with E-state index in [0.717, 1.165) is 45.1 Å². The SMILES string of the molecule is O=C(CS(=O)CC1CCCO1)C1CCCC1. The van der Waals surface area contributed by atoms with Crippen LogP contribution in [0.15, 0.2) is 0 Å². The molecule has 0 aromatic rings. The summed E-state index contributed by atoms with van der Waals surface area (Å²) in [6, 6.07) is 0. The lowest BCUT2D eigenvalue weighted by atomic mass is 10.0. The second-order valence-corrected chi connectivity index (χ2v) is 6.34. The van der Waals surface area contributed by atoms with Crippen molar-refractivity contribution in [2.45, 2.75) is 44.6 Å². The lowest BCUT2D eigenvalue weighted by molar-refractivity contribution is -0.120. The predicted molar refractivity (Wildman–Crippen MR) is 63.8 cm³/mol. The summed E-state index contributed by atoms with van der Waals surface area (Å²) in [5.41, 5.74) is 0. The summed E-state index contributed by atoms with van der Waals surface area (Å²) in [4.78, 5) is 11.8. The fraction of sp³-hybridized carbons (Fsp3) is 0.917. The number of carbonyl (C=O) groups excluding carboxylic acids is 1. The van der Waals surface area contributed by atoms with E-state index in [4.69, 9.17) is 4.74 Å². The second-order valence-electron chi connectivity index (χ2n) is 4.83. The maximum atomic E-state index is 11.8. The third-order valence-corrected chi connectivity index (χ3v) is 4.86. The molecule has 1 aliphatic carbocycles. The molecule has 0 radical (unpaired) electrons. The van der Waals surface area contributed by atoms with Gasteiger partial charge in [0, 0.05) is 23.3 Å². The Morgan fingerprint density at radius 3 is 2.56 bits per heavy atom. The highest BCUT2D eigenvalue weighted by Crippen LogP contribution is 2.25. The van der Waals surface area contributed by atoms with Gasteiger partial charge in [-0.25, -0.2) is 0 Å². The molecule has 2 rings (SSSR count). The first-order valence-electron chi connectivity index (χ1n) is 6.25. The molecule has 1 saturated carbocycles. The van der Waals surface area contributed by atoms with Crippen molar-refractivity contribution in [3.05, 3.63) is 0 Å². The highest BCUT2D eigenvalue weighted by Gasteiger charge is 2.25. The molecule has 1 aliphatic heterocycles. The molecule has 1 heterocycles. The van der Waals surface area contributed by atoms with Crippen molar-refractivity contribution in [1.82, 2.24) is 0 Å². The topological polar surface area (TPSA) is 43.4 Å². The van der Waals surface area contributed by atoms with Gasteiger partial charge in [-0.15, -0.1) is 0 Å². The molecule has 0 spiro atoms. The van der Waals surface area contributed by atoms with Crippen molar-refractivity contribution in [2.24, 2.45) is 5.92 Å². The Kier molecular flexibility index (Phi) is 4.53. The Labute approximate surface area is 99.4 Å². The van der Waals surface area contributed by atoms with Crippen LogP contribution < -0.4 is 0 Å². The Hall–Kier alpha value is -0.220. The minimum Gasteiger partial charge on any atom is -0.377 e. The highest BCUT2D eigenvalue weighted by atomic mass is 32.2. The molecule has 0 amide bonds. The molecule has 0 N–H and O–H groups in total. The van der Waals surface area contributed by atoms with Crippen molar-refractivity contribution in [3.63, 3.8) is 0 Å². The average molecular weight is 244 g/mol. The molecule has 2 aliphatic rings. The molecule has 1 saturated heterocycles. The van der Waals surface area contributed by atoms with E-state index in [0.29, 0.717) is 5.75 Å². The zero-order valence-electron chi connectivity index (χ0n) is 9.65. The largest absolute Gasteiger partial charge is 0.377 e. The Morgan fingerprint density at radius 1 is 1.19 bits per heavy atom. The van der Waals surface area contributed by atoms with Crippen molar-refractivity contribution in [3.8, 4) is 0 Å². The highest BCUT2D eigenvalue weighted by molar-refractivity contribution is 7.85. The fourth-order valence-electron chi connectivity index (χ4n) is 2.57. The van der Waals surface area contributed by atoms with Crippen LogP contribution in [0.2, 0.25) is 0 Å². The number of hydrogen-bond acceptors (Lipinski definition) is 3. The number of hydrogen-bond donors (Lipinski definition) is 0. The molecule has 3 nitrogen and oxygen atoms in total. The summed E-state index contributed by atoms with van der Waals surface area (Å²) < 4.78 is 17.2. The Balaban J connectivity index is 1.71. The number of Topliss-reactive ketones (excluding diaryl/α,β-unsaturated/α-hetero) is 1. The predicted octanol–water partition coefficient (Wildman–Crippen LogP) is 1.67. The van der Waals surface area contributed by atoms with Crippen LogP contribution in [-0.4, -0.2) is 34.2 Å². The average Bonchev–Trinajstić information content (AvgIpc) is 2.88. The Morgan fingerprint density at radius 2 is 1.94 bits per heavy atom. The van der Waals surface area contributed by atoms with Gasteiger partial charge in [0.25, 0.3) is 0 Å². The molecule has 2 unspecified atom stereocenters. The zero-order chi connectivity index (χ0) is 11.4. The fourth-order valence-corrected chi connectivity index (χ4v) is 3.91. The van der Waals surface area contributed by atoms with Gasteiger partial charge in [0.05, 0.1) is 17.6 Å². The van der Waals surface area contributed by atoms with E-state index in [9.17, 15) is 9.00 Å². The first kappa shape index (κ1) is 12.2. The van der Waals surface area contributed by atoms with Crippen LogP contribution in [0.25, 0.3) is 0 Å². The first-order valence-corrected chi connectivity index (χ1v) is 7.74. The lowest BCUT2D eigenvalue weighted by Crippen LogP contribution is -2.24. The molecule has 4 heteroatoms. The van der Waals surface area contributed by atoms with Crippen molar-refractivity contribution in [1.29, 1.82) is 0 Å². The molecule has 0 aromatic carbocycles. The van der Waals surface area contributed by atoms with Crippen molar-refractivity contribution in [2.75, 3.05) is 18.1 Å². The third kappa shape index (κ3) is 3.39. The summed E-state index contributed by atoms with van der Waals surface area (Å²) in [6.45, 7) is 0.790. The van der Waals surface area contributed by atoms with Gasteiger partial charge in [-0.05, 0) is 25.7 Å². The van der Waals surface area contributed by atoms with E-state index in [2.05, 4.69) is 0 Å². The molecule has 0 bridgehead atoms. The van der Waals surface area contributed by atoms with E-state index in [-0.39, 0.29) is 23.6 Å². The molecular weight excluding hydrogens is 224 g/mol. The van der Waals surface area contributed by atoms with E-state index in [1.807, 2.05) is 0 Å². The van der Waals surface area contributed by atoms with Gasteiger partial charge in [-0.3, -0.25) is 9.00 Å². The summed E-state index contributed by atoms with van der Waals surface area (Å²) in [7, 11) is -1.01. The number of ketones is 1. The quantitative estimate of drug-likeness (QED) is 0.739. The van der Waals surface area contributed by atoms with Crippen LogP contribution in [0.5, 0.6) is 0 Å². The summed E-state index contributed by atoms with van der Waals surface area (Å²) in [5.74, 6) is 1.23. The summed E-state index contributed by atoms with van der Waals surface area (Å²) >= 11 is 0. The van der Waals surface area contributed by atoms with Crippen LogP contribution in [0.4, 0.5) is 0 Å². The number of carbonyl (C=O) groups is 1. The second kappa shape index (κ2) is 5.92. The van der Waals surface area contributed by atoms with Gasteiger partial charge in [-0.1, -0.05) is 12.8 Å². The smallest absolute Gasteiger partial charge is 0.148 e. The van der Waals surface area contributed by atoms with Gasteiger partial charge in [0.15, 0.2) is 0 Å². The molecule has 0 aromatic heterocycles. The zero-order valence-corrected chi connectivity index (χ0v) is 10.5. The first-order chi connectivity index (χ1) is 7.75. The van der Waals surface area contributed by atoms with Gasteiger partial charge >= 0.3 is 0 Å². The minimum absolute atomic E-state index is 0.136. The summed E-state index contributed by atoms with van der Waals surface area (Å²) in [5, 5.41) is 0. The van der Waals surface area contributed by atoms with E-state index < -0.39 is 10.8 Å². The monoisotopic (exact) mass is 244 g/mol. The molecule has 2 fully saturated rings. The van der Waals surface area contributed by atoms with Crippen LogP contribution in [0.1, 0.15) is 38.5 Å². The van der Waals surface area contributed by atoms with Gasteiger partial charge in [-0.2, -0.15) is 0 Å². The van der Waals surface area contributed by atoms with E-state index >= 15 is 0 Å². The van der Waals surface area contributed by atoms with Crippen LogP contribution in [-0.2, 0) is 20.3 Å². The van der Waals surface area contributed by atoms with Crippen LogP contribution in [0, 0.1) is 5.92 Å². The normalized spacial score (nSPS) is 28.4. The maximum Gasteiger partial charge on any atom is 0.148 e. The Bertz CT molecular complexity index is 265. The van der Waals surface area contributed by atoms with Gasteiger partial charge < -0.3 is 4.74 Å². The minimum atomic E-state index is -1.01. The van der Waals surface area contributed by atoms with Gasteiger partial charge in [0.1, 0.15) is 5.78 Å². The molecule has 16 heavy (non-hydrogen) atoms. The molecule has 2 atom stereocenters. The lowest BCUT2D eigenvalue weighted by Gasteiger charge is -2.10. The maximum absolute atomic E-state index is 11.8. The number of rotatable bonds is 5. The van der Waals surface area contributed by atoms with Crippen LogP contribution in [0.3, 0.4) is 0 Å². The van der Waals surface area contributed by atoms with E-state index in [1.165, 1.54) is 0 Å². The van der Waals surface area contributed by atoms with Crippen molar-refractivity contribution >= 4 is 16.6 Å². The third-order valence-electron chi connectivity index (χ3n) is 3.51. The molecule has 92 valence electrons. The van der Waals surface area contributed by atoms with Gasteiger partial charge in [0.2, 0.25) is 0 Å². The van der Waals surface area contributed by atoms with Crippen molar-refractivity contribution < 1.29 is 13.7 Å². The van der Waals surface area contributed by atoms with Crippen LogP contribution >= 0.6 is 0 Å².